The first kappa shape index (κ1) is 12.4. The van der Waals surface area contributed by atoms with Crippen LogP contribution in [0, 0.1) is 11.7 Å². The second-order valence-corrected chi connectivity index (χ2v) is 5.31. The number of hydrogen-bond acceptors (Lipinski definition) is 4. The summed E-state index contributed by atoms with van der Waals surface area (Å²) >= 11 is 5.09. The van der Waals surface area contributed by atoms with Crippen LogP contribution in [0.15, 0.2) is 24.4 Å². The van der Waals surface area contributed by atoms with E-state index in [0.717, 1.165) is 37.4 Å². The molecule has 0 aromatic carbocycles. The zero-order chi connectivity index (χ0) is 13.2. The number of nitrogens with zero attached hydrogens (tertiary/aromatic N) is 3. The third kappa shape index (κ3) is 2.88. The highest BCUT2D eigenvalue weighted by Crippen LogP contribution is 2.17. The molecule has 98 valence electrons. The molecule has 2 aromatic heterocycles. The van der Waals surface area contributed by atoms with Crippen LogP contribution >= 0.6 is 12.2 Å². The number of fused-ring (bicyclic) bond motifs is 1. The average Bonchev–Trinajstić information content (AvgIpc) is 2.38. The number of aromatic nitrogens is 3. The van der Waals surface area contributed by atoms with Crippen molar-refractivity contribution in [3.63, 3.8) is 0 Å². The molecule has 0 spiro atoms. The van der Waals surface area contributed by atoms with Crippen LogP contribution in [-0.2, 0) is 19.5 Å². The van der Waals surface area contributed by atoms with E-state index in [1.807, 2.05) is 19.2 Å². The van der Waals surface area contributed by atoms with Crippen molar-refractivity contribution in [1.82, 2.24) is 19.9 Å². The summed E-state index contributed by atoms with van der Waals surface area (Å²) in [6.07, 6.45) is 2.91. The summed E-state index contributed by atoms with van der Waals surface area (Å²) in [4.78, 5) is 14.3. The number of rotatable bonds is 2. The molecular formula is C14H16N4S. The van der Waals surface area contributed by atoms with Gasteiger partial charge in [-0.2, -0.15) is 0 Å². The smallest absolute Gasteiger partial charge is 0.196 e. The van der Waals surface area contributed by atoms with Gasteiger partial charge < -0.3 is 4.98 Å². The topological polar surface area (TPSA) is 44.8 Å². The normalized spacial score (nSPS) is 15.2. The van der Waals surface area contributed by atoms with Crippen molar-refractivity contribution in [2.75, 3.05) is 6.54 Å². The largest absolute Gasteiger partial charge is 0.333 e. The molecular weight excluding hydrogens is 256 g/mol. The van der Waals surface area contributed by atoms with E-state index in [4.69, 9.17) is 12.2 Å². The van der Waals surface area contributed by atoms with Gasteiger partial charge in [-0.15, -0.1) is 0 Å². The van der Waals surface area contributed by atoms with Crippen LogP contribution in [-0.4, -0.2) is 26.4 Å². The van der Waals surface area contributed by atoms with Crippen molar-refractivity contribution in [3.05, 3.63) is 51.8 Å². The number of H-pyrrole nitrogens is 1. The third-order valence-corrected chi connectivity index (χ3v) is 3.60. The maximum atomic E-state index is 5.09. The fourth-order valence-electron chi connectivity index (χ4n) is 2.45. The molecule has 1 aliphatic heterocycles. The number of pyridine rings is 1. The van der Waals surface area contributed by atoms with Crippen LogP contribution in [0.3, 0.4) is 0 Å². The van der Waals surface area contributed by atoms with Crippen LogP contribution in [0.4, 0.5) is 0 Å². The summed E-state index contributed by atoms with van der Waals surface area (Å²) in [5.41, 5.74) is 4.66. The lowest BCUT2D eigenvalue weighted by atomic mass is 10.1. The highest BCUT2D eigenvalue weighted by atomic mass is 32.1. The summed E-state index contributed by atoms with van der Waals surface area (Å²) in [5, 5.41) is 0. The van der Waals surface area contributed by atoms with Gasteiger partial charge in [-0.1, -0.05) is 6.07 Å². The van der Waals surface area contributed by atoms with E-state index < -0.39 is 0 Å². The van der Waals surface area contributed by atoms with Crippen molar-refractivity contribution in [2.45, 2.75) is 26.4 Å². The Morgan fingerprint density at radius 1 is 1.42 bits per heavy atom. The molecule has 4 nitrogen and oxygen atoms in total. The van der Waals surface area contributed by atoms with E-state index in [0.29, 0.717) is 4.77 Å². The highest BCUT2D eigenvalue weighted by Gasteiger charge is 2.17. The number of aryl methyl sites for hydroxylation is 1. The van der Waals surface area contributed by atoms with E-state index in [-0.39, 0.29) is 0 Å². The summed E-state index contributed by atoms with van der Waals surface area (Å²) in [5.74, 6) is 0. The van der Waals surface area contributed by atoms with Gasteiger partial charge in [-0.3, -0.25) is 9.88 Å². The molecule has 0 fully saturated rings. The molecule has 1 N–H and O–H groups in total. The fourth-order valence-corrected chi connectivity index (χ4v) is 2.62. The Hall–Kier alpha value is -1.59. The highest BCUT2D eigenvalue weighted by molar-refractivity contribution is 7.71. The Bertz CT molecular complexity index is 650. The minimum atomic E-state index is 0.564. The molecule has 0 saturated heterocycles. The van der Waals surface area contributed by atoms with Gasteiger partial charge in [-0.25, -0.2) is 4.98 Å². The molecule has 0 amide bonds. The van der Waals surface area contributed by atoms with Gasteiger partial charge >= 0.3 is 0 Å². The molecule has 0 bridgehead atoms. The quantitative estimate of drug-likeness (QED) is 0.853. The second-order valence-electron chi connectivity index (χ2n) is 4.92. The molecule has 0 saturated carbocycles. The lowest BCUT2D eigenvalue weighted by Gasteiger charge is -2.27. The maximum Gasteiger partial charge on any atom is 0.196 e. The van der Waals surface area contributed by atoms with Crippen LogP contribution in [0.2, 0.25) is 0 Å². The first-order valence-corrected chi connectivity index (χ1v) is 6.83. The Morgan fingerprint density at radius 2 is 2.32 bits per heavy atom. The lowest BCUT2D eigenvalue weighted by molar-refractivity contribution is 0.238. The zero-order valence-electron chi connectivity index (χ0n) is 10.9. The van der Waals surface area contributed by atoms with Crippen LogP contribution in [0.25, 0.3) is 0 Å². The Kier molecular flexibility index (Phi) is 3.40. The van der Waals surface area contributed by atoms with Gasteiger partial charge in [0, 0.05) is 37.2 Å². The number of nitrogens with one attached hydrogen (secondary N) is 1. The second kappa shape index (κ2) is 5.19. The summed E-state index contributed by atoms with van der Waals surface area (Å²) < 4.78 is 0.564. The SMILES string of the molecule is Cc1cccc(CN2CCc3cnc(=S)[nH]c3C2)n1. The van der Waals surface area contributed by atoms with Gasteiger partial charge in [0.05, 0.1) is 5.69 Å². The van der Waals surface area contributed by atoms with Gasteiger partial charge in [0.25, 0.3) is 0 Å². The average molecular weight is 272 g/mol. The Morgan fingerprint density at radius 3 is 3.16 bits per heavy atom. The van der Waals surface area contributed by atoms with Crippen LogP contribution in [0.1, 0.15) is 22.6 Å². The minimum Gasteiger partial charge on any atom is -0.333 e. The molecule has 0 radical (unpaired) electrons. The Balaban J connectivity index is 1.77. The lowest BCUT2D eigenvalue weighted by Crippen LogP contribution is -2.31. The van der Waals surface area contributed by atoms with Crippen LogP contribution in [0.5, 0.6) is 0 Å². The molecule has 0 unspecified atom stereocenters. The van der Waals surface area contributed by atoms with E-state index >= 15 is 0 Å². The monoisotopic (exact) mass is 272 g/mol. The Labute approximate surface area is 117 Å². The zero-order valence-corrected chi connectivity index (χ0v) is 11.7. The molecule has 0 aliphatic carbocycles. The van der Waals surface area contributed by atoms with E-state index in [1.165, 1.54) is 11.3 Å². The number of hydrogen-bond donors (Lipinski definition) is 1. The van der Waals surface area contributed by atoms with Crippen molar-refractivity contribution >= 4 is 12.2 Å². The summed E-state index contributed by atoms with van der Waals surface area (Å²) in [7, 11) is 0. The first-order chi connectivity index (χ1) is 9.20. The predicted octanol–water partition coefficient (Wildman–Crippen LogP) is 2.40. The first-order valence-electron chi connectivity index (χ1n) is 6.43. The standard InChI is InChI=1S/C14H16N4S/c1-10-3-2-4-12(16-10)8-18-6-5-11-7-15-14(19)17-13(11)9-18/h2-4,7H,5-6,8-9H2,1H3,(H,15,17,19). The number of aromatic amines is 1. The predicted molar refractivity (Wildman–Crippen MR) is 76.2 cm³/mol. The molecule has 5 heteroatoms. The molecule has 0 atom stereocenters. The van der Waals surface area contributed by atoms with E-state index in [1.54, 1.807) is 0 Å². The molecule has 3 rings (SSSR count). The third-order valence-electron chi connectivity index (χ3n) is 3.39. The van der Waals surface area contributed by atoms with Gasteiger partial charge in [-0.05, 0) is 43.3 Å². The van der Waals surface area contributed by atoms with Crippen LogP contribution < -0.4 is 0 Å². The van der Waals surface area contributed by atoms with Crippen molar-refractivity contribution in [3.8, 4) is 0 Å². The van der Waals surface area contributed by atoms with E-state index in [2.05, 4.69) is 32.0 Å². The molecule has 1 aliphatic rings. The molecule has 3 heterocycles. The van der Waals surface area contributed by atoms with Gasteiger partial charge in [0.2, 0.25) is 0 Å². The maximum absolute atomic E-state index is 5.09. The summed E-state index contributed by atoms with van der Waals surface area (Å²) in [6.45, 7) is 4.83. The van der Waals surface area contributed by atoms with Gasteiger partial charge in [0.1, 0.15) is 0 Å². The van der Waals surface area contributed by atoms with Crippen molar-refractivity contribution < 1.29 is 0 Å². The minimum absolute atomic E-state index is 0.564. The van der Waals surface area contributed by atoms with E-state index in [9.17, 15) is 0 Å². The van der Waals surface area contributed by atoms with Crippen molar-refractivity contribution in [2.24, 2.45) is 0 Å². The van der Waals surface area contributed by atoms with Crippen molar-refractivity contribution in [1.29, 1.82) is 0 Å². The van der Waals surface area contributed by atoms with Gasteiger partial charge in [0.15, 0.2) is 4.77 Å². The summed E-state index contributed by atoms with van der Waals surface area (Å²) in [6, 6.07) is 6.17. The molecule has 19 heavy (non-hydrogen) atoms. The molecule has 2 aromatic rings. The fraction of sp³-hybridized carbons (Fsp3) is 0.357.